The largest absolute Gasteiger partial charge is 0.329 e. The number of nitrogens with zero attached hydrogens (tertiary/aromatic N) is 2. The molecule has 0 aromatic rings. The average molecular weight is 237 g/mol. The minimum atomic E-state index is 0.354. The predicted molar refractivity (Wildman–Crippen MR) is 70.9 cm³/mol. The highest BCUT2D eigenvalue weighted by Crippen LogP contribution is 2.40. The Balaban J connectivity index is 1.76. The minimum absolute atomic E-state index is 0.354. The van der Waals surface area contributed by atoms with Gasteiger partial charge in [0.15, 0.2) is 0 Å². The molecule has 3 fully saturated rings. The number of rotatable bonds is 2. The fourth-order valence-electron chi connectivity index (χ4n) is 4.30. The molecule has 3 aliphatic rings. The SMILES string of the molecule is CC1CCN(C2(CN)CCN3CCC2C3)CC1. The van der Waals surface area contributed by atoms with Crippen molar-refractivity contribution in [3.8, 4) is 0 Å². The Kier molecular flexibility index (Phi) is 3.18. The van der Waals surface area contributed by atoms with E-state index in [9.17, 15) is 0 Å². The molecular formula is C14H27N3. The molecule has 0 saturated carbocycles. The number of piperidine rings is 2. The monoisotopic (exact) mass is 237 g/mol. The van der Waals surface area contributed by atoms with Gasteiger partial charge in [-0.2, -0.15) is 0 Å². The van der Waals surface area contributed by atoms with Crippen LogP contribution in [0.5, 0.6) is 0 Å². The van der Waals surface area contributed by atoms with Gasteiger partial charge < -0.3 is 10.6 Å². The second kappa shape index (κ2) is 4.52. The highest BCUT2D eigenvalue weighted by atomic mass is 15.3. The van der Waals surface area contributed by atoms with Gasteiger partial charge in [-0.3, -0.25) is 4.90 Å². The first-order valence-electron chi connectivity index (χ1n) is 7.42. The van der Waals surface area contributed by atoms with Crippen molar-refractivity contribution < 1.29 is 0 Å². The second-order valence-corrected chi connectivity index (χ2v) is 6.51. The summed E-state index contributed by atoms with van der Waals surface area (Å²) in [6.45, 7) is 9.74. The van der Waals surface area contributed by atoms with E-state index in [0.717, 1.165) is 18.4 Å². The smallest absolute Gasteiger partial charge is 0.0384 e. The van der Waals surface area contributed by atoms with Crippen LogP contribution in [-0.2, 0) is 0 Å². The van der Waals surface area contributed by atoms with Gasteiger partial charge in [0.2, 0.25) is 0 Å². The number of hydrogen-bond acceptors (Lipinski definition) is 3. The van der Waals surface area contributed by atoms with E-state index >= 15 is 0 Å². The Morgan fingerprint density at radius 2 is 1.88 bits per heavy atom. The number of likely N-dealkylation sites (tertiary alicyclic amines) is 1. The minimum Gasteiger partial charge on any atom is -0.329 e. The molecule has 3 unspecified atom stereocenters. The molecule has 0 radical (unpaired) electrons. The lowest BCUT2D eigenvalue weighted by atomic mass is 9.76. The zero-order valence-corrected chi connectivity index (χ0v) is 11.2. The van der Waals surface area contributed by atoms with Crippen LogP contribution >= 0.6 is 0 Å². The van der Waals surface area contributed by atoms with E-state index in [1.807, 2.05) is 0 Å². The summed E-state index contributed by atoms with van der Waals surface area (Å²) in [5.41, 5.74) is 6.58. The quantitative estimate of drug-likeness (QED) is 0.782. The van der Waals surface area contributed by atoms with Crippen molar-refractivity contribution in [1.29, 1.82) is 0 Å². The second-order valence-electron chi connectivity index (χ2n) is 6.51. The van der Waals surface area contributed by atoms with E-state index in [-0.39, 0.29) is 0 Å². The summed E-state index contributed by atoms with van der Waals surface area (Å²) in [6, 6.07) is 0. The Bertz CT molecular complexity index is 273. The van der Waals surface area contributed by atoms with Crippen LogP contribution in [0.4, 0.5) is 0 Å². The Morgan fingerprint density at radius 1 is 1.12 bits per heavy atom. The van der Waals surface area contributed by atoms with Crippen molar-refractivity contribution in [2.45, 2.75) is 38.1 Å². The van der Waals surface area contributed by atoms with Gasteiger partial charge in [0.1, 0.15) is 0 Å². The van der Waals surface area contributed by atoms with E-state index in [2.05, 4.69) is 16.7 Å². The number of fused-ring (bicyclic) bond motifs is 2. The van der Waals surface area contributed by atoms with Crippen LogP contribution in [0.25, 0.3) is 0 Å². The molecular weight excluding hydrogens is 210 g/mol. The maximum absolute atomic E-state index is 6.23. The van der Waals surface area contributed by atoms with Gasteiger partial charge in [0.25, 0.3) is 0 Å². The van der Waals surface area contributed by atoms with Gasteiger partial charge in [0, 0.05) is 18.6 Å². The molecule has 3 aliphatic heterocycles. The van der Waals surface area contributed by atoms with Gasteiger partial charge in [0.05, 0.1) is 0 Å². The standard InChI is InChI=1S/C14H27N3/c1-12-2-7-17(8-3-12)14(11-15)5-9-16-6-4-13(14)10-16/h12-13H,2-11,15H2,1H3. The molecule has 98 valence electrons. The molecule has 3 heteroatoms. The Morgan fingerprint density at radius 3 is 2.59 bits per heavy atom. The van der Waals surface area contributed by atoms with Crippen LogP contribution in [0, 0.1) is 11.8 Å². The van der Waals surface area contributed by atoms with Crippen LogP contribution in [0.2, 0.25) is 0 Å². The zero-order chi connectivity index (χ0) is 11.9. The lowest BCUT2D eigenvalue weighted by Gasteiger charge is -2.52. The van der Waals surface area contributed by atoms with Crippen molar-refractivity contribution in [1.82, 2.24) is 9.80 Å². The maximum atomic E-state index is 6.23. The van der Waals surface area contributed by atoms with E-state index in [1.54, 1.807) is 0 Å². The summed E-state index contributed by atoms with van der Waals surface area (Å²) in [7, 11) is 0. The van der Waals surface area contributed by atoms with Gasteiger partial charge in [-0.25, -0.2) is 0 Å². The topological polar surface area (TPSA) is 32.5 Å². The lowest BCUT2D eigenvalue weighted by Crippen LogP contribution is -2.63. The summed E-state index contributed by atoms with van der Waals surface area (Å²) in [5.74, 6) is 1.76. The Hall–Kier alpha value is -0.120. The first-order chi connectivity index (χ1) is 8.24. The van der Waals surface area contributed by atoms with Crippen LogP contribution in [-0.4, -0.2) is 54.6 Å². The molecule has 2 bridgehead atoms. The molecule has 3 saturated heterocycles. The van der Waals surface area contributed by atoms with Crippen molar-refractivity contribution in [2.24, 2.45) is 17.6 Å². The summed E-state index contributed by atoms with van der Waals surface area (Å²) in [5, 5.41) is 0. The average Bonchev–Trinajstić information content (AvgIpc) is 2.76. The lowest BCUT2D eigenvalue weighted by molar-refractivity contribution is -0.0120. The molecule has 0 aliphatic carbocycles. The highest BCUT2D eigenvalue weighted by molar-refractivity contribution is 5.05. The molecule has 0 aromatic carbocycles. The summed E-state index contributed by atoms with van der Waals surface area (Å²) < 4.78 is 0. The molecule has 3 rings (SSSR count). The zero-order valence-electron chi connectivity index (χ0n) is 11.2. The van der Waals surface area contributed by atoms with Crippen molar-refractivity contribution in [3.63, 3.8) is 0 Å². The third-order valence-electron chi connectivity index (χ3n) is 5.66. The van der Waals surface area contributed by atoms with Gasteiger partial charge in [-0.05, 0) is 63.7 Å². The third-order valence-corrected chi connectivity index (χ3v) is 5.66. The van der Waals surface area contributed by atoms with E-state index in [0.29, 0.717) is 5.54 Å². The van der Waals surface area contributed by atoms with E-state index in [1.165, 1.54) is 58.4 Å². The Labute approximate surface area is 105 Å². The first kappa shape index (κ1) is 11.9. The summed E-state index contributed by atoms with van der Waals surface area (Å²) in [4.78, 5) is 5.39. The third kappa shape index (κ3) is 1.92. The van der Waals surface area contributed by atoms with E-state index < -0.39 is 0 Å². The highest BCUT2D eigenvalue weighted by Gasteiger charge is 2.49. The summed E-state index contributed by atoms with van der Waals surface area (Å²) in [6.07, 6.45) is 5.43. The normalized spacial score (nSPS) is 44.1. The number of hydrogen-bond donors (Lipinski definition) is 1. The maximum Gasteiger partial charge on any atom is 0.0384 e. The van der Waals surface area contributed by atoms with E-state index in [4.69, 9.17) is 5.73 Å². The molecule has 0 aromatic heterocycles. The molecule has 17 heavy (non-hydrogen) atoms. The van der Waals surface area contributed by atoms with Crippen LogP contribution in [0.15, 0.2) is 0 Å². The van der Waals surface area contributed by atoms with Crippen LogP contribution in [0.3, 0.4) is 0 Å². The molecule has 2 N–H and O–H groups in total. The fourth-order valence-corrected chi connectivity index (χ4v) is 4.30. The molecule has 3 heterocycles. The molecule has 3 atom stereocenters. The molecule has 3 nitrogen and oxygen atoms in total. The van der Waals surface area contributed by atoms with Crippen LogP contribution in [0.1, 0.15) is 32.6 Å². The fraction of sp³-hybridized carbons (Fsp3) is 1.00. The van der Waals surface area contributed by atoms with Gasteiger partial charge in [-0.15, -0.1) is 0 Å². The van der Waals surface area contributed by atoms with Crippen LogP contribution < -0.4 is 5.73 Å². The van der Waals surface area contributed by atoms with Gasteiger partial charge >= 0.3 is 0 Å². The first-order valence-corrected chi connectivity index (χ1v) is 7.42. The van der Waals surface area contributed by atoms with Gasteiger partial charge in [-0.1, -0.05) is 6.92 Å². The molecule has 0 amide bonds. The summed E-state index contributed by atoms with van der Waals surface area (Å²) >= 11 is 0. The molecule has 0 spiro atoms. The number of nitrogens with two attached hydrogens (primary N) is 1. The van der Waals surface area contributed by atoms with Crippen molar-refractivity contribution in [3.05, 3.63) is 0 Å². The predicted octanol–water partition coefficient (Wildman–Crippen LogP) is 1.14. The van der Waals surface area contributed by atoms with Crippen molar-refractivity contribution >= 4 is 0 Å². The van der Waals surface area contributed by atoms with Crippen molar-refractivity contribution in [2.75, 3.05) is 39.3 Å².